The molecule has 0 unspecified atom stereocenters. The molecule has 0 saturated carbocycles. The van der Waals surface area contributed by atoms with E-state index in [1.54, 1.807) is 0 Å². The van der Waals surface area contributed by atoms with Crippen LogP contribution in [0.1, 0.15) is 19.4 Å². The number of benzene rings is 1. The summed E-state index contributed by atoms with van der Waals surface area (Å²) in [6, 6.07) is 7.82. The topological polar surface area (TPSA) is 50.7 Å². The van der Waals surface area contributed by atoms with Crippen LogP contribution in [0.5, 0.6) is 0 Å². The fourth-order valence-corrected chi connectivity index (χ4v) is 1.79. The molecule has 0 aromatic heterocycles. The van der Waals surface area contributed by atoms with Crippen molar-refractivity contribution >= 4 is 5.69 Å². The SMILES string of the molecule is CC1(C)OCC(Nc2ccccc2CO)CO1. The standard InChI is InChI=1S/C13H19NO3/c1-13(2)16-8-11(9-17-13)14-12-6-4-3-5-10(12)7-15/h3-6,11,14-15H,7-9H2,1-2H3. The highest BCUT2D eigenvalue weighted by Crippen LogP contribution is 2.21. The minimum atomic E-state index is -0.491. The number of aliphatic hydroxyl groups is 1. The molecular formula is C13H19NO3. The van der Waals surface area contributed by atoms with Crippen LogP contribution in [-0.2, 0) is 16.1 Å². The average molecular weight is 237 g/mol. The molecular weight excluding hydrogens is 218 g/mol. The molecule has 1 aliphatic heterocycles. The van der Waals surface area contributed by atoms with Crippen LogP contribution in [0.3, 0.4) is 0 Å². The number of nitrogens with one attached hydrogen (secondary N) is 1. The molecule has 0 amide bonds. The maximum atomic E-state index is 9.23. The molecule has 0 spiro atoms. The van der Waals surface area contributed by atoms with E-state index in [1.165, 1.54) is 0 Å². The van der Waals surface area contributed by atoms with Gasteiger partial charge in [-0.25, -0.2) is 0 Å². The van der Waals surface area contributed by atoms with Gasteiger partial charge in [0.05, 0.1) is 25.9 Å². The molecule has 1 saturated heterocycles. The Morgan fingerprint density at radius 2 is 1.94 bits per heavy atom. The number of anilines is 1. The summed E-state index contributed by atoms with van der Waals surface area (Å²) in [4.78, 5) is 0. The van der Waals surface area contributed by atoms with Crippen LogP contribution in [0.25, 0.3) is 0 Å². The normalized spacial score (nSPS) is 20.2. The van der Waals surface area contributed by atoms with Gasteiger partial charge in [-0.1, -0.05) is 18.2 Å². The monoisotopic (exact) mass is 237 g/mol. The Morgan fingerprint density at radius 1 is 1.29 bits per heavy atom. The van der Waals surface area contributed by atoms with Crippen molar-refractivity contribution in [3.8, 4) is 0 Å². The quantitative estimate of drug-likeness (QED) is 0.840. The van der Waals surface area contributed by atoms with Crippen molar-refractivity contribution in [1.82, 2.24) is 0 Å². The molecule has 17 heavy (non-hydrogen) atoms. The van der Waals surface area contributed by atoms with Gasteiger partial charge in [-0.15, -0.1) is 0 Å². The van der Waals surface area contributed by atoms with E-state index >= 15 is 0 Å². The Labute approximate surface area is 102 Å². The van der Waals surface area contributed by atoms with E-state index < -0.39 is 5.79 Å². The van der Waals surface area contributed by atoms with Crippen LogP contribution in [0.2, 0.25) is 0 Å². The molecule has 1 aromatic rings. The van der Waals surface area contributed by atoms with Crippen molar-refractivity contribution in [3.05, 3.63) is 29.8 Å². The lowest BCUT2D eigenvalue weighted by Crippen LogP contribution is -2.45. The highest BCUT2D eigenvalue weighted by Gasteiger charge is 2.28. The zero-order valence-electron chi connectivity index (χ0n) is 10.3. The number of hydrogen-bond acceptors (Lipinski definition) is 4. The third kappa shape index (κ3) is 3.19. The molecule has 0 atom stereocenters. The van der Waals surface area contributed by atoms with Crippen LogP contribution in [0.4, 0.5) is 5.69 Å². The van der Waals surface area contributed by atoms with E-state index in [2.05, 4.69) is 5.32 Å². The lowest BCUT2D eigenvalue weighted by atomic mass is 10.1. The zero-order chi connectivity index (χ0) is 12.3. The van der Waals surface area contributed by atoms with Crippen molar-refractivity contribution in [2.75, 3.05) is 18.5 Å². The smallest absolute Gasteiger partial charge is 0.162 e. The first-order chi connectivity index (χ1) is 8.11. The molecule has 1 aromatic carbocycles. The van der Waals surface area contributed by atoms with E-state index in [4.69, 9.17) is 9.47 Å². The average Bonchev–Trinajstić information content (AvgIpc) is 2.32. The van der Waals surface area contributed by atoms with Crippen molar-refractivity contribution in [2.45, 2.75) is 32.3 Å². The van der Waals surface area contributed by atoms with Crippen molar-refractivity contribution < 1.29 is 14.6 Å². The van der Waals surface area contributed by atoms with Gasteiger partial charge in [0.2, 0.25) is 0 Å². The van der Waals surface area contributed by atoms with Gasteiger partial charge in [0.1, 0.15) is 0 Å². The number of ether oxygens (including phenoxy) is 2. The van der Waals surface area contributed by atoms with E-state index in [-0.39, 0.29) is 12.6 Å². The Kier molecular flexibility index (Phi) is 3.66. The number of hydrogen-bond donors (Lipinski definition) is 2. The Balaban J connectivity index is 1.98. The van der Waals surface area contributed by atoms with Gasteiger partial charge < -0.3 is 19.9 Å². The van der Waals surface area contributed by atoms with Gasteiger partial charge in [-0.2, -0.15) is 0 Å². The van der Waals surface area contributed by atoms with Crippen LogP contribution >= 0.6 is 0 Å². The largest absolute Gasteiger partial charge is 0.392 e. The lowest BCUT2D eigenvalue weighted by Gasteiger charge is -2.35. The van der Waals surface area contributed by atoms with Crippen LogP contribution in [0.15, 0.2) is 24.3 Å². The third-order valence-electron chi connectivity index (χ3n) is 2.81. The van der Waals surface area contributed by atoms with Gasteiger partial charge in [0.15, 0.2) is 5.79 Å². The summed E-state index contributed by atoms with van der Waals surface area (Å²) in [5, 5.41) is 12.6. The summed E-state index contributed by atoms with van der Waals surface area (Å²) in [6.45, 7) is 5.05. The fraction of sp³-hybridized carbons (Fsp3) is 0.538. The van der Waals surface area contributed by atoms with Crippen molar-refractivity contribution in [3.63, 3.8) is 0 Å². The molecule has 0 bridgehead atoms. The lowest BCUT2D eigenvalue weighted by molar-refractivity contribution is -0.247. The molecule has 0 aliphatic carbocycles. The third-order valence-corrected chi connectivity index (χ3v) is 2.81. The summed E-state index contributed by atoms with van der Waals surface area (Å²) >= 11 is 0. The minimum Gasteiger partial charge on any atom is -0.392 e. The molecule has 1 fully saturated rings. The molecule has 0 radical (unpaired) electrons. The second-order valence-corrected chi connectivity index (χ2v) is 4.68. The Morgan fingerprint density at radius 3 is 2.59 bits per heavy atom. The van der Waals surface area contributed by atoms with Crippen LogP contribution in [0, 0.1) is 0 Å². The maximum Gasteiger partial charge on any atom is 0.162 e. The first-order valence-corrected chi connectivity index (χ1v) is 5.84. The van der Waals surface area contributed by atoms with E-state index in [0.29, 0.717) is 13.2 Å². The number of para-hydroxylation sites is 1. The summed E-state index contributed by atoms with van der Waals surface area (Å²) in [6.07, 6.45) is 0. The van der Waals surface area contributed by atoms with Crippen molar-refractivity contribution in [2.24, 2.45) is 0 Å². The van der Waals surface area contributed by atoms with E-state index in [0.717, 1.165) is 11.3 Å². The Bertz CT molecular complexity index is 369. The zero-order valence-corrected chi connectivity index (χ0v) is 10.3. The first kappa shape index (κ1) is 12.4. The summed E-state index contributed by atoms with van der Waals surface area (Å²) in [7, 11) is 0. The van der Waals surface area contributed by atoms with Gasteiger partial charge in [-0.05, 0) is 19.9 Å². The first-order valence-electron chi connectivity index (χ1n) is 5.84. The number of aliphatic hydroxyl groups excluding tert-OH is 1. The predicted molar refractivity (Wildman–Crippen MR) is 65.8 cm³/mol. The van der Waals surface area contributed by atoms with E-state index in [1.807, 2.05) is 38.1 Å². The molecule has 2 rings (SSSR count). The summed E-state index contributed by atoms with van der Waals surface area (Å²) < 4.78 is 11.2. The molecule has 1 heterocycles. The second-order valence-electron chi connectivity index (χ2n) is 4.68. The highest BCUT2D eigenvalue weighted by molar-refractivity contribution is 5.51. The molecule has 4 nitrogen and oxygen atoms in total. The molecule has 2 N–H and O–H groups in total. The highest BCUT2D eigenvalue weighted by atomic mass is 16.7. The van der Waals surface area contributed by atoms with Gasteiger partial charge in [0, 0.05) is 11.3 Å². The summed E-state index contributed by atoms with van der Waals surface area (Å²) in [5.74, 6) is -0.491. The number of rotatable bonds is 3. The molecule has 4 heteroatoms. The molecule has 1 aliphatic rings. The molecule has 94 valence electrons. The van der Waals surface area contributed by atoms with Gasteiger partial charge in [0.25, 0.3) is 0 Å². The maximum absolute atomic E-state index is 9.23. The predicted octanol–water partition coefficient (Wildman–Crippen LogP) is 1.74. The van der Waals surface area contributed by atoms with E-state index in [9.17, 15) is 5.11 Å². The fourth-order valence-electron chi connectivity index (χ4n) is 1.79. The summed E-state index contributed by atoms with van der Waals surface area (Å²) in [5.41, 5.74) is 1.82. The second kappa shape index (κ2) is 5.04. The minimum absolute atomic E-state index is 0.0309. The Hall–Kier alpha value is -1.10. The van der Waals surface area contributed by atoms with Gasteiger partial charge in [-0.3, -0.25) is 0 Å². The van der Waals surface area contributed by atoms with Crippen LogP contribution < -0.4 is 5.32 Å². The van der Waals surface area contributed by atoms with Gasteiger partial charge >= 0.3 is 0 Å². The van der Waals surface area contributed by atoms with Crippen molar-refractivity contribution in [1.29, 1.82) is 0 Å². The van der Waals surface area contributed by atoms with Crippen LogP contribution in [-0.4, -0.2) is 30.1 Å².